The van der Waals surface area contributed by atoms with Gasteiger partial charge in [0.1, 0.15) is 5.75 Å². The Labute approximate surface area is 107 Å². The first kappa shape index (κ1) is 11.1. The predicted octanol–water partition coefficient (Wildman–Crippen LogP) is 4.01. The number of rotatable bonds is 1. The highest BCUT2D eigenvalue weighted by atomic mass is 16.5. The van der Waals surface area contributed by atoms with Gasteiger partial charge in [0, 0.05) is 17.7 Å². The van der Waals surface area contributed by atoms with Crippen LogP contribution in [0.5, 0.6) is 5.75 Å². The molecule has 1 aliphatic heterocycles. The molecule has 2 aromatic rings. The van der Waals surface area contributed by atoms with Gasteiger partial charge in [0.25, 0.3) is 0 Å². The van der Waals surface area contributed by atoms with E-state index in [2.05, 4.69) is 30.3 Å². The van der Waals surface area contributed by atoms with E-state index in [1.807, 2.05) is 12.1 Å². The van der Waals surface area contributed by atoms with E-state index in [-0.39, 0.29) is 0 Å². The number of benzene rings is 2. The summed E-state index contributed by atoms with van der Waals surface area (Å²) in [5.41, 5.74) is 1.20. The van der Waals surface area contributed by atoms with E-state index in [1.54, 1.807) is 0 Å². The van der Waals surface area contributed by atoms with Crippen molar-refractivity contribution in [1.82, 2.24) is 0 Å². The number of hydrogen-bond donors (Lipinski definition) is 0. The summed E-state index contributed by atoms with van der Waals surface area (Å²) in [6, 6.07) is 14.8. The van der Waals surface area contributed by atoms with Gasteiger partial charge in [-0.15, -0.1) is 0 Å². The van der Waals surface area contributed by atoms with Gasteiger partial charge in [0.05, 0.1) is 12.7 Å². The first-order valence-corrected chi connectivity index (χ1v) is 6.41. The van der Waals surface area contributed by atoms with Crippen molar-refractivity contribution in [2.45, 2.75) is 25.2 Å². The fourth-order valence-corrected chi connectivity index (χ4v) is 2.72. The van der Waals surface area contributed by atoms with E-state index < -0.39 is 0 Å². The number of ether oxygens (including phenoxy) is 1. The van der Waals surface area contributed by atoms with Crippen LogP contribution in [0.4, 0.5) is 0 Å². The summed E-state index contributed by atoms with van der Waals surface area (Å²) in [5.74, 6) is 1.31. The van der Waals surface area contributed by atoms with Crippen molar-refractivity contribution in [2.75, 3.05) is 6.61 Å². The molecule has 0 spiro atoms. The van der Waals surface area contributed by atoms with Gasteiger partial charge >= 0.3 is 0 Å². The van der Waals surface area contributed by atoms with Gasteiger partial charge in [-0.1, -0.05) is 36.4 Å². The first-order chi connectivity index (χ1) is 8.90. The predicted molar refractivity (Wildman–Crippen MR) is 71.6 cm³/mol. The van der Waals surface area contributed by atoms with Gasteiger partial charge in [-0.3, -0.25) is 0 Å². The number of nitrogens with zero attached hydrogens (tertiary/aromatic N) is 1. The molecule has 0 radical (unpaired) electrons. The minimum Gasteiger partial charge on any atom is -0.493 e. The molecule has 1 unspecified atom stereocenters. The number of fused-ring (bicyclic) bond motifs is 3. The Bertz CT molecular complexity index is 612. The molecule has 0 saturated heterocycles. The fourth-order valence-electron chi connectivity index (χ4n) is 2.72. The van der Waals surface area contributed by atoms with Crippen LogP contribution in [0.3, 0.4) is 0 Å². The third kappa shape index (κ3) is 1.82. The van der Waals surface area contributed by atoms with Crippen molar-refractivity contribution in [3.05, 3.63) is 42.0 Å². The molecule has 1 aliphatic rings. The van der Waals surface area contributed by atoms with E-state index in [0.29, 0.717) is 12.3 Å². The van der Waals surface area contributed by atoms with E-state index in [4.69, 9.17) is 10.00 Å². The Hall–Kier alpha value is -2.01. The van der Waals surface area contributed by atoms with Gasteiger partial charge in [0.15, 0.2) is 0 Å². The fraction of sp³-hybridized carbons (Fsp3) is 0.312. The van der Waals surface area contributed by atoms with Crippen LogP contribution in [-0.4, -0.2) is 6.61 Å². The van der Waals surface area contributed by atoms with Crippen LogP contribution in [0, 0.1) is 11.3 Å². The molecule has 90 valence electrons. The Morgan fingerprint density at radius 3 is 3.00 bits per heavy atom. The minimum absolute atomic E-state index is 0.317. The van der Waals surface area contributed by atoms with Crippen molar-refractivity contribution in [3.8, 4) is 11.8 Å². The summed E-state index contributed by atoms with van der Waals surface area (Å²) < 4.78 is 5.93. The van der Waals surface area contributed by atoms with Crippen LogP contribution in [0.1, 0.15) is 30.7 Å². The van der Waals surface area contributed by atoms with Gasteiger partial charge in [-0.05, 0) is 23.8 Å². The van der Waals surface area contributed by atoms with E-state index in [9.17, 15) is 0 Å². The largest absolute Gasteiger partial charge is 0.493 e. The molecule has 3 rings (SSSR count). The zero-order valence-electron chi connectivity index (χ0n) is 10.2. The topological polar surface area (TPSA) is 33.0 Å². The second-order valence-corrected chi connectivity index (χ2v) is 4.75. The Balaban J connectivity index is 2.19. The molecule has 18 heavy (non-hydrogen) atoms. The lowest BCUT2D eigenvalue weighted by Crippen LogP contribution is -1.97. The highest BCUT2D eigenvalue weighted by molar-refractivity contribution is 5.89. The van der Waals surface area contributed by atoms with E-state index >= 15 is 0 Å². The lowest BCUT2D eigenvalue weighted by Gasteiger charge is -2.15. The van der Waals surface area contributed by atoms with Gasteiger partial charge in [-0.2, -0.15) is 5.26 Å². The molecule has 0 saturated carbocycles. The third-order valence-corrected chi connectivity index (χ3v) is 3.63. The second kappa shape index (κ2) is 4.70. The molecular formula is C16H15NO. The molecule has 0 N–H and O–H groups in total. The highest BCUT2D eigenvalue weighted by Crippen LogP contribution is 2.39. The van der Waals surface area contributed by atoms with Crippen LogP contribution in [0.25, 0.3) is 10.8 Å². The molecule has 2 aromatic carbocycles. The molecule has 1 atom stereocenters. The average Bonchev–Trinajstić information content (AvgIpc) is 2.62. The van der Waals surface area contributed by atoms with Crippen molar-refractivity contribution >= 4 is 10.8 Å². The number of nitriles is 1. The summed E-state index contributed by atoms with van der Waals surface area (Å²) in [4.78, 5) is 0. The standard InChI is InChI=1S/C16H15NO/c17-10-9-13-5-3-11-18-16-14-6-2-1-4-12(14)7-8-15(13)16/h1-2,4,6-8,13H,3,5,9,11H2. The lowest BCUT2D eigenvalue weighted by atomic mass is 9.90. The molecule has 0 amide bonds. The first-order valence-electron chi connectivity index (χ1n) is 6.41. The van der Waals surface area contributed by atoms with E-state index in [0.717, 1.165) is 25.2 Å². The molecule has 0 aromatic heterocycles. The van der Waals surface area contributed by atoms with Gasteiger partial charge in [0.2, 0.25) is 0 Å². The second-order valence-electron chi connectivity index (χ2n) is 4.75. The van der Waals surface area contributed by atoms with Crippen LogP contribution in [0.2, 0.25) is 0 Å². The zero-order chi connectivity index (χ0) is 12.4. The van der Waals surface area contributed by atoms with Crippen molar-refractivity contribution < 1.29 is 4.74 Å². The summed E-state index contributed by atoms with van der Waals surface area (Å²) >= 11 is 0. The Kier molecular flexibility index (Phi) is 2.90. The van der Waals surface area contributed by atoms with Crippen molar-refractivity contribution in [1.29, 1.82) is 5.26 Å². The summed E-state index contributed by atoms with van der Waals surface area (Å²) in [7, 11) is 0. The quantitative estimate of drug-likeness (QED) is 0.750. The van der Waals surface area contributed by atoms with Crippen LogP contribution in [0.15, 0.2) is 36.4 Å². The Morgan fingerprint density at radius 1 is 1.22 bits per heavy atom. The SMILES string of the molecule is N#CCC1CCCOc2c1ccc1ccccc21. The molecule has 0 fully saturated rings. The van der Waals surface area contributed by atoms with Crippen molar-refractivity contribution in [3.63, 3.8) is 0 Å². The molecule has 2 nitrogen and oxygen atoms in total. The average molecular weight is 237 g/mol. The lowest BCUT2D eigenvalue weighted by molar-refractivity contribution is 0.319. The van der Waals surface area contributed by atoms with E-state index in [1.165, 1.54) is 16.3 Å². The molecule has 1 heterocycles. The zero-order valence-corrected chi connectivity index (χ0v) is 10.2. The molecular weight excluding hydrogens is 222 g/mol. The normalized spacial score (nSPS) is 18.5. The molecule has 0 bridgehead atoms. The monoisotopic (exact) mass is 237 g/mol. The van der Waals surface area contributed by atoms with Gasteiger partial charge in [-0.25, -0.2) is 0 Å². The smallest absolute Gasteiger partial charge is 0.130 e. The maximum absolute atomic E-state index is 8.96. The molecule has 2 heteroatoms. The highest BCUT2D eigenvalue weighted by Gasteiger charge is 2.21. The van der Waals surface area contributed by atoms with Crippen LogP contribution in [-0.2, 0) is 0 Å². The minimum atomic E-state index is 0.317. The Morgan fingerprint density at radius 2 is 2.11 bits per heavy atom. The van der Waals surface area contributed by atoms with Crippen LogP contribution < -0.4 is 4.74 Å². The molecule has 0 aliphatic carbocycles. The summed E-state index contributed by atoms with van der Waals surface area (Å²) in [6.45, 7) is 0.753. The maximum atomic E-state index is 8.96. The summed E-state index contributed by atoms with van der Waals surface area (Å²) in [6.07, 6.45) is 2.64. The maximum Gasteiger partial charge on any atom is 0.130 e. The van der Waals surface area contributed by atoms with Crippen molar-refractivity contribution in [2.24, 2.45) is 0 Å². The summed E-state index contributed by atoms with van der Waals surface area (Å²) in [5, 5.41) is 11.3. The third-order valence-electron chi connectivity index (χ3n) is 3.63. The van der Waals surface area contributed by atoms with Gasteiger partial charge < -0.3 is 4.74 Å². The van der Waals surface area contributed by atoms with Crippen LogP contribution >= 0.6 is 0 Å². The number of hydrogen-bond acceptors (Lipinski definition) is 2.